The van der Waals surface area contributed by atoms with Gasteiger partial charge in [-0.05, 0) is 54.5 Å². The van der Waals surface area contributed by atoms with Crippen molar-refractivity contribution in [1.82, 2.24) is 28.8 Å². The van der Waals surface area contributed by atoms with Gasteiger partial charge in [0, 0.05) is 81.8 Å². The van der Waals surface area contributed by atoms with Gasteiger partial charge in [0.2, 0.25) is 0 Å². The van der Waals surface area contributed by atoms with Gasteiger partial charge in [0.05, 0.1) is 11.7 Å². The molecule has 3 aliphatic rings. The van der Waals surface area contributed by atoms with Crippen LogP contribution in [-0.4, -0.2) is 54.3 Å². The zero-order valence-electron chi connectivity index (χ0n) is 27.0. The SMILES string of the molecule is CC(=O)OCc1c(-c2cc(Nc3cc4n(n3)C=CN(C)C4C)c(=O)n(C)c2)ccnc1N1CCn2c(cc3c2CC(C)(C)C3)C1=O. The number of pyridine rings is 2. The molecule has 1 unspecified atom stereocenters. The van der Waals surface area contributed by atoms with E-state index in [4.69, 9.17) is 4.74 Å². The van der Waals surface area contributed by atoms with Crippen molar-refractivity contribution in [3.05, 3.63) is 81.4 Å². The summed E-state index contributed by atoms with van der Waals surface area (Å²) < 4.78 is 11.0. The Balaban J connectivity index is 1.26. The minimum absolute atomic E-state index is 0.0829. The molecule has 2 aliphatic heterocycles. The Kier molecular flexibility index (Phi) is 6.91. The molecule has 1 atom stereocenters. The van der Waals surface area contributed by atoms with Crippen LogP contribution in [0.3, 0.4) is 0 Å². The summed E-state index contributed by atoms with van der Waals surface area (Å²) >= 11 is 0. The summed E-state index contributed by atoms with van der Waals surface area (Å²) in [5.74, 6) is 0.405. The van der Waals surface area contributed by atoms with Gasteiger partial charge in [-0.1, -0.05) is 13.8 Å². The van der Waals surface area contributed by atoms with Crippen LogP contribution in [0.15, 0.2) is 47.7 Å². The van der Waals surface area contributed by atoms with Crippen LogP contribution in [0.25, 0.3) is 17.3 Å². The number of aryl methyl sites for hydroxylation is 1. The molecule has 1 aliphatic carbocycles. The molecule has 0 saturated carbocycles. The Hall–Kier alpha value is -5.13. The van der Waals surface area contributed by atoms with Gasteiger partial charge in [0.25, 0.3) is 11.5 Å². The minimum Gasteiger partial charge on any atom is -0.461 e. The van der Waals surface area contributed by atoms with Crippen LogP contribution in [0.1, 0.15) is 66.7 Å². The average molecular weight is 623 g/mol. The van der Waals surface area contributed by atoms with E-state index in [1.54, 1.807) is 35.1 Å². The first kappa shape index (κ1) is 29.6. The topological polar surface area (TPSA) is 120 Å². The van der Waals surface area contributed by atoms with Crippen molar-refractivity contribution in [3.8, 4) is 11.1 Å². The third-order valence-electron chi connectivity index (χ3n) is 9.34. The van der Waals surface area contributed by atoms with E-state index in [0.29, 0.717) is 52.8 Å². The summed E-state index contributed by atoms with van der Waals surface area (Å²) in [6.07, 6.45) is 9.10. The molecule has 0 saturated heterocycles. The Bertz CT molecular complexity index is 2000. The molecule has 46 heavy (non-hydrogen) atoms. The lowest BCUT2D eigenvalue weighted by Gasteiger charge is -2.31. The number of carbonyl (C=O) groups is 2. The third kappa shape index (κ3) is 4.97. The predicted octanol–water partition coefficient (Wildman–Crippen LogP) is 4.47. The average Bonchev–Trinajstić information content (AvgIpc) is 3.66. The summed E-state index contributed by atoms with van der Waals surface area (Å²) in [6.45, 7) is 8.95. The van der Waals surface area contributed by atoms with Crippen LogP contribution in [-0.2, 0) is 42.6 Å². The second kappa shape index (κ2) is 10.7. The molecule has 238 valence electrons. The maximum atomic E-state index is 14.0. The molecule has 6 heterocycles. The van der Waals surface area contributed by atoms with E-state index in [1.165, 1.54) is 22.7 Å². The standard InChI is InChI=1S/C34H38N8O4/c1-20-27-15-30(37-42(27)12-9-38(20)5)36-26-13-23(18-39(6)32(26)44)24-7-8-35-31(25(24)19-46-21(2)43)41-11-10-40-28(33(41)45)14-22-16-34(3,4)17-29(22)40/h7-9,12-15,18,20H,10-11,16-17,19H2,1-6H3,(H,36,37). The van der Waals surface area contributed by atoms with Gasteiger partial charge >= 0.3 is 5.97 Å². The maximum absolute atomic E-state index is 14.0. The molecule has 0 bridgehead atoms. The van der Waals surface area contributed by atoms with Crippen LogP contribution in [0.5, 0.6) is 0 Å². The number of anilines is 3. The number of rotatable bonds is 6. The number of hydrogen-bond acceptors (Lipinski definition) is 8. The first-order valence-electron chi connectivity index (χ1n) is 15.5. The number of ether oxygens (including phenoxy) is 1. The van der Waals surface area contributed by atoms with E-state index >= 15 is 0 Å². The zero-order chi connectivity index (χ0) is 32.5. The monoisotopic (exact) mass is 622 g/mol. The van der Waals surface area contributed by atoms with Gasteiger partial charge in [-0.25, -0.2) is 9.67 Å². The second-order valence-electron chi connectivity index (χ2n) is 13.3. The smallest absolute Gasteiger partial charge is 0.302 e. The van der Waals surface area contributed by atoms with Crippen molar-refractivity contribution in [2.75, 3.05) is 23.8 Å². The number of amides is 1. The Morgan fingerprint density at radius 3 is 2.70 bits per heavy atom. The Labute approximate surface area is 266 Å². The summed E-state index contributed by atoms with van der Waals surface area (Å²) in [5.41, 5.74) is 6.41. The van der Waals surface area contributed by atoms with Gasteiger partial charge in [-0.15, -0.1) is 0 Å². The first-order valence-corrected chi connectivity index (χ1v) is 15.5. The molecule has 0 spiro atoms. The lowest BCUT2D eigenvalue weighted by Crippen LogP contribution is -2.41. The highest BCUT2D eigenvalue weighted by atomic mass is 16.5. The van der Waals surface area contributed by atoms with E-state index in [1.807, 2.05) is 37.6 Å². The quantitative estimate of drug-likeness (QED) is 0.313. The van der Waals surface area contributed by atoms with Gasteiger partial charge in [-0.3, -0.25) is 19.3 Å². The number of nitrogens with zero attached hydrogens (tertiary/aromatic N) is 7. The lowest BCUT2D eigenvalue weighted by atomic mass is 9.90. The highest BCUT2D eigenvalue weighted by Crippen LogP contribution is 2.40. The highest BCUT2D eigenvalue weighted by molar-refractivity contribution is 6.06. The molecule has 4 aromatic rings. The van der Waals surface area contributed by atoms with Crippen LogP contribution in [0, 0.1) is 5.41 Å². The van der Waals surface area contributed by atoms with Crippen LogP contribution in [0.2, 0.25) is 0 Å². The van der Waals surface area contributed by atoms with E-state index in [9.17, 15) is 14.4 Å². The van der Waals surface area contributed by atoms with Crippen molar-refractivity contribution in [3.63, 3.8) is 0 Å². The highest BCUT2D eigenvalue weighted by Gasteiger charge is 2.37. The molecule has 0 aromatic carbocycles. The molecular weight excluding hydrogens is 584 g/mol. The minimum atomic E-state index is -0.445. The summed E-state index contributed by atoms with van der Waals surface area (Å²) in [6, 6.07) is 7.66. The number of hydrogen-bond donors (Lipinski definition) is 1. The lowest BCUT2D eigenvalue weighted by molar-refractivity contribution is -0.142. The van der Waals surface area contributed by atoms with Gasteiger partial charge in [-0.2, -0.15) is 5.10 Å². The van der Waals surface area contributed by atoms with E-state index in [2.05, 4.69) is 45.6 Å². The number of aromatic nitrogens is 5. The van der Waals surface area contributed by atoms with Crippen LogP contribution >= 0.6 is 0 Å². The first-order chi connectivity index (χ1) is 21.9. The Morgan fingerprint density at radius 2 is 1.91 bits per heavy atom. The molecule has 7 rings (SSSR count). The molecule has 0 fully saturated rings. The Morgan fingerprint density at radius 1 is 1.11 bits per heavy atom. The normalized spacial score (nSPS) is 18.0. The predicted molar refractivity (Wildman–Crippen MR) is 175 cm³/mol. The fourth-order valence-electron chi connectivity index (χ4n) is 6.91. The van der Waals surface area contributed by atoms with Gasteiger partial charge < -0.3 is 24.1 Å². The number of carbonyl (C=O) groups excluding carboxylic acids is 2. The summed E-state index contributed by atoms with van der Waals surface area (Å²) in [5, 5.41) is 7.85. The van der Waals surface area contributed by atoms with Gasteiger partial charge in [0.1, 0.15) is 23.8 Å². The number of fused-ring (bicyclic) bond motifs is 4. The molecule has 12 heteroatoms. The third-order valence-corrected chi connectivity index (χ3v) is 9.34. The fraction of sp³-hybridized carbons (Fsp3) is 0.382. The van der Waals surface area contributed by atoms with Crippen molar-refractivity contribution >= 4 is 35.4 Å². The maximum Gasteiger partial charge on any atom is 0.302 e. The molecule has 1 amide bonds. The van der Waals surface area contributed by atoms with Crippen LogP contribution in [0.4, 0.5) is 17.3 Å². The zero-order valence-corrected chi connectivity index (χ0v) is 27.0. The summed E-state index contributed by atoms with van der Waals surface area (Å²) in [7, 11) is 3.69. The van der Waals surface area contributed by atoms with E-state index < -0.39 is 5.97 Å². The number of esters is 1. The van der Waals surface area contributed by atoms with E-state index in [0.717, 1.165) is 18.5 Å². The summed E-state index contributed by atoms with van der Waals surface area (Å²) in [4.78, 5) is 47.7. The van der Waals surface area contributed by atoms with Gasteiger partial charge in [0.15, 0.2) is 5.82 Å². The van der Waals surface area contributed by atoms with Crippen molar-refractivity contribution < 1.29 is 14.3 Å². The van der Waals surface area contributed by atoms with E-state index in [-0.39, 0.29) is 29.5 Å². The molecule has 4 aromatic heterocycles. The van der Waals surface area contributed by atoms with Crippen LogP contribution < -0.4 is 15.8 Å². The number of nitrogens with one attached hydrogen (secondary N) is 1. The fourth-order valence-corrected chi connectivity index (χ4v) is 6.91. The molecule has 0 radical (unpaired) electrons. The van der Waals surface area contributed by atoms with Crippen molar-refractivity contribution in [2.45, 2.75) is 59.7 Å². The largest absolute Gasteiger partial charge is 0.461 e. The molecule has 1 N–H and O–H groups in total. The molecular formula is C34H38N8O4. The van der Waals surface area contributed by atoms with Crippen molar-refractivity contribution in [1.29, 1.82) is 0 Å². The second-order valence-corrected chi connectivity index (χ2v) is 13.3. The van der Waals surface area contributed by atoms with Crippen molar-refractivity contribution in [2.24, 2.45) is 12.5 Å². The molecule has 12 nitrogen and oxygen atoms in total.